The maximum absolute atomic E-state index is 13.4. The van der Waals surface area contributed by atoms with E-state index in [1.807, 2.05) is 50.4 Å². The molecule has 6 rings (SSSR count). The molecule has 2 N–H and O–H groups in total. The van der Waals surface area contributed by atoms with Crippen molar-refractivity contribution in [1.29, 1.82) is 5.26 Å². The molecule has 2 aromatic carbocycles. The van der Waals surface area contributed by atoms with Gasteiger partial charge in [-0.15, -0.1) is 0 Å². The summed E-state index contributed by atoms with van der Waals surface area (Å²) < 4.78 is 1.81. The van der Waals surface area contributed by atoms with Crippen LogP contribution in [0.25, 0.3) is 10.8 Å². The lowest BCUT2D eigenvalue weighted by molar-refractivity contribution is -0.123. The van der Waals surface area contributed by atoms with Crippen LogP contribution < -0.4 is 10.6 Å². The number of nitrogens with zero attached hydrogens (tertiary/aromatic N) is 4. The van der Waals surface area contributed by atoms with E-state index in [0.717, 1.165) is 54.6 Å². The Bertz CT molecular complexity index is 1330. The molecule has 37 heavy (non-hydrogen) atoms. The quantitative estimate of drug-likeness (QED) is 0.545. The number of fused-ring (bicyclic) bond motifs is 2. The maximum Gasteiger partial charge on any atom is 0.251 e. The number of hydrogen-bond acceptors (Lipinski definition) is 5. The van der Waals surface area contributed by atoms with Crippen molar-refractivity contribution in [2.24, 2.45) is 11.8 Å². The van der Waals surface area contributed by atoms with Crippen molar-refractivity contribution in [3.8, 4) is 6.07 Å². The van der Waals surface area contributed by atoms with Gasteiger partial charge < -0.3 is 15.5 Å². The first-order valence-electron chi connectivity index (χ1n) is 13.7. The van der Waals surface area contributed by atoms with Crippen LogP contribution in [0, 0.1) is 23.2 Å². The fraction of sp³-hybridized carbons (Fsp3) is 0.500. The number of benzene rings is 2. The van der Waals surface area contributed by atoms with Gasteiger partial charge in [-0.1, -0.05) is 24.3 Å². The van der Waals surface area contributed by atoms with Gasteiger partial charge in [0.15, 0.2) is 0 Å². The molecule has 3 aromatic rings. The van der Waals surface area contributed by atoms with E-state index < -0.39 is 5.54 Å². The molecule has 7 nitrogen and oxygen atoms in total. The van der Waals surface area contributed by atoms with Gasteiger partial charge in [0, 0.05) is 28.7 Å². The van der Waals surface area contributed by atoms with E-state index in [9.17, 15) is 10.1 Å². The SMILES string of the molecule is CC(C)(C(=O)Nc1ccc(C#N)c2ccccc12)n1cc(C2CCN(C3C[C@H]4CNC[C@H]4C3)CC2)cn1. The van der Waals surface area contributed by atoms with Crippen LogP contribution in [0.4, 0.5) is 5.69 Å². The average molecular weight is 497 g/mol. The van der Waals surface area contributed by atoms with E-state index in [2.05, 4.69) is 32.9 Å². The Morgan fingerprint density at radius 2 is 1.78 bits per heavy atom. The van der Waals surface area contributed by atoms with Crippen LogP contribution in [-0.2, 0) is 10.3 Å². The second-order valence-corrected chi connectivity index (χ2v) is 11.7. The summed E-state index contributed by atoms with van der Waals surface area (Å²) in [5.41, 5.74) is 1.68. The topological polar surface area (TPSA) is 86.0 Å². The number of aromatic nitrogens is 2. The van der Waals surface area contributed by atoms with Crippen molar-refractivity contribution in [1.82, 2.24) is 20.0 Å². The van der Waals surface area contributed by atoms with Crippen LogP contribution >= 0.6 is 0 Å². The average Bonchev–Trinajstić information content (AvgIpc) is 3.66. The summed E-state index contributed by atoms with van der Waals surface area (Å²) in [6.45, 7) is 8.54. The highest BCUT2D eigenvalue weighted by Crippen LogP contribution is 2.39. The van der Waals surface area contributed by atoms with Gasteiger partial charge in [0.05, 0.1) is 17.8 Å². The molecule has 0 radical (unpaired) electrons. The summed E-state index contributed by atoms with van der Waals surface area (Å²) in [4.78, 5) is 16.2. The Morgan fingerprint density at radius 3 is 2.49 bits per heavy atom. The van der Waals surface area contributed by atoms with Crippen LogP contribution in [-0.4, -0.2) is 52.8 Å². The van der Waals surface area contributed by atoms with Crippen molar-refractivity contribution in [2.45, 2.75) is 57.0 Å². The van der Waals surface area contributed by atoms with Gasteiger partial charge >= 0.3 is 0 Å². The molecular formula is C30H36N6O. The molecule has 1 unspecified atom stereocenters. The number of amides is 1. The summed E-state index contributed by atoms with van der Waals surface area (Å²) in [5, 5.41) is 22.4. The third-order valence-corrected chi connectivity index (χ3v) is 9.17. The number of rotatable bonds is 5. The van der Waals surface area contributed by atoms with Crippen LogP contribution in [0.15, 0.2) is 48.8 Å². The number of likely N-dealkylation sites (tertiary alicyclic amines) is 1. The first kappa shape index (κ1) is 24.1. The number of carbonyl (C=O) groups is 1. The highest BCUT2D eigenvalue weighted by Gasteiger charge is 2.40. The van der Waals surface area contributed by atoms with Crippen molar-refractivity contribution >= 4 is 22.4 Å². The minimum absolute atomic E-state index is 0.131. The number of nitrogens with one attached hydrogen (secondary N) is 2. The molecule has 3 fully saturated rings. The molecule has 1 saturated carbocycles. The highest BCUT2D eigenvalue weighted by atomic mass is 16.2. The first-order chi connectivity index (χ1) is 17.9. The summed E-state index contributed by atoms with van der Waals surface area (Å²) >= 11 is 0. The van der Waals surface area contributed by atoms with E-state index in [1.165, 1.54) is 31.5 Å². The lowest BCUT2D eigenvalue weighted by Crippen LogP contribution is -2.41. The Labute approximate surface area is 218 Å². The Balaban J connectivity index is 1.11. The van der Waals surface area contributed by atoms with E-state index in [1.54, 1.807) is 10.7 Å². The molecule has 1 aromatic heterocycles. The molecule has 3 aliphatic rings. The molecule has 1 aliphatic carbocycles. The van der Waals surface area contributed by atoms with E-state index in [-0.39, 0.29) is 5.91 Å². The van der Waals surface area contributed by atoms with Gasteiger partial charge in [0.25, 0.3) is 5.91 Å². The van der Waals surface area contributed by atoms with Crippen LogP contribution in [0.5, 0.6) is 0 Å². The molecule has 7 heteroatoms. The Morgan fingerprint density at radius 1 is 1.08 bits per heavy atom. The number of nitriles is 1. The van der Waals surface area contributed by atoms with Crippen LogP contribution in [0.1, 0.15) is 56.6 Å². The fourth-order valence-corrected chi connectivity index (χ4v) is 6.77. The van der Waals surface area contributed by atoms with Crippen molar-refractivity contribution in [3.05, 3.63) is 59.9 Å². The first-order valence-corrected chi connectivity index (χ1v) is 13.7. The lowest BCUT2D eigenvalue weighted by Gasteiger charge is -2.36. The van der Waals surface area contributed by atoms with Crippen molar-refractivity contribution in [2.75, 3.05) is 31.5 Å². The summed E-state index contributed by atoms with van der Waals surface area (Å²) in [6.07, 6.45) is 9.05. The van der Waals surface area contributed by atoms with Gasteiger partial charge in [-0.05, 0) is 101 Å². The van der Waals surface area contributed by atoms with Gasteiger partial charge in [-0.2, -0.15) is 10.4 Å². The molecule has 1 amide bonds. The summed E-state index contributed by atoms with van der Waals surface area (Å²) in [5.74, 6) is 2.13. The zero-order chi connectivity index (χ0) is 25.6. The van der Waals surface area contributed by atoms with Gasteiger partial charge in [-0.25, -0.2) is 0 Å². The predicted molar refractivity (Wildman–Crippen MR) is 145 cm³/mol. The predicted octanol–water partition coefficient (Wildman–Crippen LogP) is 4.46. The highest BCUT2D eigenvalue weighted by molar-refractivity contribution is 6.05. The van der Waals surface area contributed by atoms with Crippen molar-refractivity contribution < 1.29 is 4.79 Å². The Hall–Kier alpha value is -3.21. The third kappa shape index (κ3) is 4.43. The van der Waals surface area contributed by atoms with E-state index in [4.69, 9.17) is 0 Å². The number of hydrogen-bond donors (Lipinski definition) is 2. The third-order valence-electron chi connectivity index (χ3n) is 9.17. The molecular weight excluding hydrogens is 460 g/mol. The molecule has 0 spiro atoms. The van der Waals surface area contributed by atoms with E-state index in [0.29, 0.717) is 17.2 Å². The molecule has 0 bridgehead atoms. The molecule has 2 saturated heterocycles. The van der Waals surface area contributed by atoms with Gasteiger partial charge in [0.2, 0.25) is 0 Å². The number of anilines is 1. The summed E-state index contributed by atoms with van der Waals surface area (Å²) in [6, 6.07) is 14.3. The second kappa shape index (κ2) is 9.59. The lowest BCUT2D eigenvalue weighted by atomic mass is 9.90. The largest absolute Gasteiger partial charge is 0.323 e. The number of piperidine rings is 1. The van der Waals surface area contributed by atoms with Crippen LogP contribution in [0.3, 0.4) is 0 Å². The molecule has 192 valence electrons. The Kier molecular flexibility index (Phi) is 6.26. The smallest absolute Gasteiger partial charge is 0.251 e. The fourth-order valence-electron chi connectivity index (χ4n) is 6.77. The van der Waals surface area contributed by atoms with Gasteiger partial charge in [0.1, 0.15) is 5.54 Å². The van der Waals surface area contributed by atoms with Gasteiger partial charge in [-0.3, -0.25) is 9.48 Å². The van der Waals surface area contributed by atoms with Crippen LogP contribution in [0.2, 0.25) is 0 Å². The standard InChI is InChI=1S/C30H36N6O/c1-30(2,29(37)34-28-8-7-21(15-31)26-5-3-4-6-27(26)28)36-19-24(18-33-36)20-9-11-35(12-10-20)25-13-22-16-32-17-23(22)14-25/h3-8,18-20,22-23,25,32H,9-14,16-17H2,1-2H3,(H,34,37)/t22-,23+,25?. The zero-order valence-electron chi connectivity index (χ0n) is 21.8. The summed E-state index contributed by atoms with van der Waals surface area (Å²) in [7, 11) is 0. The molecule has 3 atom stereocenters. The zero-order valence-corrected chi connectivity index (χ0v) is 21.8. The van der Waals surface area contributed by atoms with Crippen molar-refractivity contribution in [3.63, 3.8) is 0 Å². The normalized spacial score (nSPS) is 24.7. The molecule has 3 heterocycles. The number of carbonyl (C=O) groups excluding carboxylic acids is 1. The monoisotopic (exact) mass is 496 g/mol. The molecule has 2 aliphatic heterocycles. The van der Waals surface area contributed by atoms with E-state index >= 15 is 0 Å². The second-order valence-electron chi connectivity index (χ2n) is 11.7. The minimum atomic E-state index is -0.858. The maximum atomic E-state index is 13.4. The minimum Gasteiger partial charge on any atom is -0.323 e.